The monoisotopic (exact) mass is 313 g/mol. The number of hydrogen-bond acceptors (Lipinski definition) is 3. The minimum absolute atomic E-state index is 0.0545. The highest BCUT2D eigenvalue weighted by molar-refractivity contribution is 9.09. The second-order valence-corrected chi connectivity index (χ2v) is 5.62. The first-order valence-corrected chi connectivity index (χ1v) is 7.74. The van der Waals surface area contributed by atoms with Crippen molar-refractivity contribution in [2.75, 3.05) is 23.3 Å². The number of aryl methyl sites for hydroxylation is 1. The molecule has 1 saturated heterocycles. The van der Waals surface area contributed by atoms with Gasteiger partial charge in [0, 0.05) is 37.4 Å². The number of hydrogen-bond donors (Lipinski definition) is 0. The average Bonchev–Trinajstić information content (AvgIpc) is 2.81. The van der Waals surface area contributed by atoms with Crippen LogP contribution in [0.15, 0.2) is 17.2 Å². The maximum Gasteiger partial charge on any atom is 0.293 e. The van der Waals surface area contributed by atoms with E-state index in [4.69, 9.17) is 0 Å². The minimum Gasteiger partial charge on any atom is -0.352 e. The molecule has 100 valence electrons. The van der Waals surface area contributed by atoms with E-state index in [0.29, 0.717) is 11.7 Å². The van der Waals surface area contributed by atoms with Crippen LogP contribution >= 0.6 is 15.9 Å². The minimum atomic E-state index is 0.0545. The predicted octanol–water partition coefficient (Wildman–Crippen LogP) is 2.26. The molecular formula is C13H20BrN3O. The average molecular weight is 314 g/mol. The molecule has 0 saturated carbocycles. The van der Waals surface area contributed by atoms with Gasteiger partial charge in [-0.05, 0) is 25.2 Å². The van der Waals surface area contributed by atoms with Crippen LogP contribution in [-0.4, -0.2) is 28.0 Å². The Morgan fingerprint density at radius 2 is 2.39 bits per heavy atom. The summed E-state index contributed by atoms with van der Waals surface area (Å²) in [6.45, 7) is 4.77. The molecule has 0 aliphatic carbocycles. The topological polar surface area (TPSA) is 38.1 Å². The highest BCUT2D eigenvalue weighted by Crippen LogP contribution is 2.22. The summed E-state index contributed by atoms with van der Waals surface area (Å²) in [5, 5.41) is 1.04. The Bertz CT molecular complexity index is 446. The molecule has 1 atom stereocenters. The molecule has 1 aromatic rings. The Morgan fingerprint density at radius 1 is 1.56 bits per heavy atom. The first kappa shape index (κ1) is 13.6. The molecule has 2 rings (SSSR count). The molecule has 4 nitrogen and oxygen atoms in total. The molecule has 5 heteroatoms. The van der Waals surface area contributed by atoms with E-state index in [-0.39, 0.29) is 5.56 Å². The fraction of sp³-hybridized carbons (Fsp3) is 0.692. The van der Waals surface area contributed by atoms with Crippen LogP contribution in [0.2, 0.25) is 0 Å². The molecule has 0 N–H and O–H groups in total. The van der Waals surface area contributed by atoms with Crippen LogP contribution in [0, 0.1) is 5.92 Å². The van der Waals surface area contributed by atoms with Gasteiger partial charge >= 0.3 is 0 Å². The van der Waals surface area contributed by atoms with Crippen molar-refractivity contribution in [2.45, 2.75) is 32.7 Å². The third-order valence-corrected chi connectivity index (χ3v) is 3.92. The summed E-state index contributed by atoms with van der Waals surface area (Å²) in [5.74, 6) is 1.31. The van der Waals surface area contributed by atoms with Gasteiger partial charge in [0.2, 0.25) is 0 Å². The Kier molecular flexibility index (Phi) is 4.80. The zero-order chi connectivity index (χ0) is 13.0. The summed E-state index contributed by atoms with van der Waals surface area (Å²) < 4.78 is 1.76. The highest BCUT2D eigenvalue weighted by atomic mass is 79.9. The molecule has 1 aliphatic rings. The summed E-state index contributed by atoms with van der Waals surface area (Å²) in [7, 11) is 0. The number of nitrogens with zero attached hydrogens (tertiary/aromatic N) is 3. The van der Waals surface area contributed by atoms with Gasteiger partial charge in [-0.15, -0.1) is 0 Å². The van der Waals surface area contributed by atoms with Crippen molar-refractivity contribution in [1.29, 1.82) is 0 Å². The van der Waals surface area contributed by atoms with Crippen LogP contribution in [0.3, 0.4) is 0 Å². The van der Waals surface area contributed by atoms with E-state index in [9.17, 15) is 4.79 Å². The number of halogens is 1. The Morgan fingerprint density at radius 3 is 3.11 bits per heavy atom. The van der Waals surface area contributed by atoms with Gasteiger partial charge in [0.05, 0.1) is 0 Å². The van der Waals surface area contributed by atoms with Crippen molar-refractivity contribution < 1.29 is 0 Å². The number of alkyl halides is 1. The summed E-state index contributed by atoms with van der Waals surface area (Å²) in [6, 6.07) is 0. The fourth-order valence-electron chi connectivity index (χ4n) is 2.48. The van der Waals surface area contributed by atoms with Crippen molar-refractivity contribution in [3.8, 4) is 0 Å². The third-order valence-electron chi connectivity index (χ3n) is 3.46. The van der Waals surface area contributed by atoms with Gasteiger partial charge in [0.25, 0.3) is 5.56 Å². The van der Waals surface area contributed by atoms with Crippen molar-refractivity contribution in [3.05, 3.63) is 22.7 Å². The lowest BCUT2D eigenvalue weighted by molar-refractivity contribution is 0.574. The molecule has 0 aromatic carbocycles. The van der Waals surface area contributed by atoms with Crippen LogP contribution in [0.1, 0.15) is 26.2 Å². The molecule has 0 radical (unpaired) electrons. The number of aromatic nitrogens is 2. The molecule has 1 fully saturated rings. The van der Waals surface area contributed by atoms with Crippen LogP contribution < -0.4 is 10.5 Å². The maximum atomic E-state index is 12.3. The summed E-state index contributed by atoms with van der Waals surface area (Å²) >= 11 is 3.48. The first-order valence-electron chi connectivity index (χ1n) is 6.62. The third kappa shape index (κ3) is 2.94. The van der Waals surface area contributed by atoms with Gasteiger partial charge in [-0.3, -0.25) is 4.79 Å². The summed E-state index contributed by atoms with van der Waals surface area (Å²) in [5.41, 5.74) is 0.0545. The predicted molar refractivity (Wildman–Crippen MR) is 77.5 cm³/mol. The van der Waals surface area contributed by atoms with Crippen LogP contribution in [0.4, 0.5) is 5.82 Å². The lowest BCUT2D eigenvalue weighted by Crippen LogP contribution is -2.31. The van der Waals surface area contributed by atoms with E-state index in [1.165, 1.54) is 6.42 Å². The van der Waals surface area contributed by atoms with Crippen LogP contribution in [-0.2, 0) is 6.54 Å². The lowest BCUT2D eigenvalue weighted by Gasteiger charge is -2.17. The summed E-state index contributed by atoms with van der Waals surface area (Å²) in [4.78, 5) is 18.7. The maximum absolute atomic E-state index is 12.3. The second kappa shape index (κ2) is 6.36. The van der Waals surface area contributed by atoms with E-state index < -0.39 is 0 Å². The molecule has 1 aromatic heterocycles. The number of anilines is 1. The van der Waals surface area contributed by atoms with E-state index in [0.717, 1.165) is 37.8 Å². The standard InChI is InChI=1S/C13H20BrN3O/c1-2-7-16-9-6-15-12(13(16)18)17-8-4-11(10-17)3-5-14/h6,9,11H,2-5,7-8,10H2,1H3. The van der Waals surface area contributed by atoms with Crippen LogP contribution in [0.5, 0.6) is 0 Å². The first-order chi connectivity index (χ1) is 8.76. The van der Waals surface area contributed by atoms with Gasteiger partial charge in [0.15, 0.2) is 5.82 Å². The molecule has 1 unspecified atom stereocenters. The molecular weight excluding hydrogens is 294 g/mol. The molecule has 2 heterocycles. The summed E-state index contributed by atoms with van der Waals surface area (Å²) in [6.07, 6.45) is 6.82. The zero-order valence-corrected chi connectivity index (χ0v) is 12.4. The lowest BCUT2D eigenvalue weighted by atomic mass is 10.1. The van der Waals surface area contributed by atoms with Gasteiger partial charge in [-0.1, -0.05) is 22.9 Å². The van der Waals surface area contributed by atoms with Gasteiger partial charge in [-0.2, -0.15) is 0 Å². The SMILES string of the molecule is CCCn1ccnc(N2CCC(CCBr)C2)c1=O. The Balaban J connectivity index is 2.14. The fourth-order valence-corrected chi connectivity index (χ4v) is 3.13. The second-order valence-electron chi connectivity index (χ2n) is 4.83. The van der Waals surface area contributed by atoms with Crippen molar-refractivity contribution in [2.24, 2.45) is 5.92 Å². The number of rotatable bonds is 5. The van der Waals surface area contributed by atoms with Gasteiger partial charge < -0.3 is 9.47 Å². The Labute approximate surface area is 116 Å². The van der Waals surface area contributed by atoms with Crippen molar-refractivity contribution in [1.82, 2.24) is 9.55 Å². The normalized spacial score (nSPS) is 19.4. The molecule has 18 heavy (non-hydrogen) atoms. The van der Waals surface area contributed by atoms with E-state index >= 15 is 0 Å². The van der Waals surface area contributed by atoms with Crippen molar-refractivity contribution in [3.63, 3.8) is 0 Å². The zero-order valence-electron chi connectivity index (χ0n) is 10.8. The molecule has 1 aliphatic heterocycles. The Hall–Kier alpha value is -0.840. The van der Waals surface area contributed by atoms with Crippen LogP contribution in [0.25, 0.3) is 0 Å². The van der Waals surface area contributed by atoms with Crippen molar-refractivity contribution >= 4 is 21.7 Å². The molecule has 0 bridgehead atoms. The molecule has 0 amide bonds. The van der Waals surface area contributed by atoms with Gasteiger partial charge in [-0.25, -0.2) is 4.98 Å². The highest BCUT2D eigenvalue weighted by Gasteiger charge is 2.24. The van der Waals surface area contributed by atoms with E-state index in [1.807, 2.05) is 0 Å². The van der Waals surface area contributed by atoms with E-state index in [2.05, 4.69) is 32.7 Å². The van der Waals surface area contributed by atoms with E-state index in [1.54, 1.807) is 17.0 Å². The largest absolute Gasteiger partial charge is 0.352 e. The molecule has 0 spiro atoms. The van der Waals surface area contributed by atoms with Gasteiger partial charge in [0.1, 0.15) is 0 Å². The smallest absolute Gasteiger partial charge is 0.293 e. The quantitative estimate of drug-likeness (QED) is 0.783.